The lowest BCUT2D eigenvalue weighted by molar-refractivity contribution is 0.0962. The van der Waals surface area contributed by atoms with E-state index in [1.165, 1.54) is 22.3 Å². The van der Waals surface area contributed by atoms with Gasteiger partial charge in [-0.05, 0) is 48.4 Å². The molecule has 0 saturated carbocycles. The second-order valence-corrected chi connectivity index (χ2v) is 8.77. The molecule has 5 rings (SSSR count). The number of fused-ring (bicyclic) bond motifs is 3. The summed E-state index contributed by atoms with van der Waals surface area (Å²) < 4.78 is 1.78. The molecular weight excluding hydrogens is 392 g/mol. The lowest BCUT2D eigenvalue weighted by Crippen LogP contribution is -2.23. The minimum absolute atomic E-state index is 0.128. The van der Waals surface area contributed by atoms with Crippen molar-refractivity contribution in [2.75, 3.05) is 0 Å². The molecule has 30 heavy (non-hydrogen) atoms. The maximum absolute atomic E-state index is 12.9. The molecule has 2 aromatic heterocycles. The van der Waals surface area contributed by atoms with Gasteiger partial charge in [-0.1, -0.05) is 60.3 Å². The van der Waals surface area contributed by atoms with Crippen LogP contribution in [0.15, 0.2) is 59.9 Å². The number of benzene rings is 2. The van der Waals surface area contributed by atoms with Gasteiger partial charge in [0.25, 0.3) is 5.78 Å². The molecular formula is C24H22N4OS. The number of rotatable bonds is 4. The van der Waals surface area contributed by atoms with Crippen LogP contribution < -0.4 is 0 Å². The normalized spacial score (nSPS) is 16.1. The number of hydrogen-bond acceptors (Lipinski definition) is 5. The predicted molar refractivity (Wildman–Crippen MR) is 118 cm³/mol. The number of nitrogens with zero attached hydrogens (tertiary/aromatic N) is 4. The number of aromatic nitrogens is 4. The average Bonchev–Trinajstić information content (AvgIpc) is 3.17. The fraction of sp³-hybridized carbons (Fsp3) is 0.250. The van der Waals surface area contributed by atoms with Gasteiger partial charge >= 0.3 is 0 Å². The Morgan fingerprint density at radius 1 is 1.03 bits per heavy atom. The average molecular weight is 415 g/mol. The fourth-order valence-corrected chi connectivity index (χ4v) is 5.06. The predicted octanol–water partition coefficient (Wildman–Crippen LogP) is 4.95. The zero-order chi connectivity index (χ0) is 20.7. The summed E-state index contributed by atoms with van der Waals surface area (Å²) in [5, 5.41) is 5.39. The molecule has 0 bridgehead atoms. The second kappa shape index (κ2) is 7.69. The first-order valence-electron chi connectivity index (χ1n) is 10.1. The molecule has 6 heteroatoms. The van der Waals surface area contributed by atoms with E-state index in [0.29, 0.717) is 22.9 Å². The van der Waals surface area contributed by atoms with E-state index in [-0.39, 0.29) is 11.7 Å². The lowest BCUT2D eigenvalue weighted by atomic mass is 9.80. The summed E-state index contributed by atoms with van der Waals surface area (Å²) in [6.07, 6.45) is 2.94. The Labute approximate surface area is 179 Å². The van der Waals surface area contributed by atoms with Crippen molar-refractivity contribution in [3.05, 3.63) is 88.2 Å². The monoisotopic (exact) mass is 414 g/mol. The largest absolute Gasteiger partial charge is 0.294 e. The first kappa shape index (κ1) is 19.0. The summed E-state index contributed by atoms with van der Waals surface area (Å²) >= 11 is 1.60. The zero-order valence-electron chi connectivity index (χ0n) is 17.0. The van der Waals surface area contributed by atoms with Crippen LogP contribution in [0.25, 0.3) is 5.78 Å². The van der Waals surface area contributed by atoms with Gasteiger partial charge < -0.3 is 0 Å². The Hall–Kier alpha value is -2.99. The molecule has 2 aromatic carbocycles. The van der Waals surface area contributed by atoms with Crippen LogP contribution in [-0.2, 0) is 12.2 Å². The molecule has 4 aromatic rings. The van der Waals surface area contributed by atoms with Gasteiger partial charge in [0.2, 0.25) is 5.16 Å². The summed E-state index contributed by atoms with van der Waals surface area (Å²) in [7, 11) is 0. The number of ketones is 1. The highest BCUT2D eigenvalue weighted by atomic mass is 32.2. The van der Waals surface area contributed by atoms with Crippen molar-refractivity contribution < 1.29 is 4.79 Å². The molecule has 2 heterocycles. The summed E-state index contributed by atoms with van der Waals surface area (Å²) in [6, 6.07) is 16.6. The maximum Gasteiger partial charge on any atom is 0.253 e. The Morgan fingerprint density at radius 2 is 1.80 bits per heavy atom. The van der Waals surface area contributed by atoms with Crippen molar-refractivity contribution in [1.29, 1.82) is 0 Å². The molecule has 1 unspecified atom stereocenters. The lowest BCUT2D eigenvalue weighted by Gasteiger charge is -2.25. The van der Waals surface area contributed by atoms with Gasteiger partial charge in [-0.3, -0.25) is 4.79 Å². The van der Waals surface area contributed by atoms with Crippen LogP contribution in [-0.4, -0.2) is 25.4 Å². The molecule has 150 valence electrons. The molecule has 5 nitrogen and oxygen atoms in total. The highest BCUT2D eigenvalue weighted by molar-refractivity contribution is 7.98. The zero-order valence-corrected chi connectivity index (χ0v) is 17.8. The van der Waals surface area contributed by atoms with Crippen LogP contribution >= 0.6 is 11.8 Å². The SMILES string of the molecule is Cc1ccccc1CSc1nc2ncc3c(n2n1)CC(c1ccccc1C)CC3=O. The maximum atomic E-state index is 12.9. The van der Waals surface area contributed by atoms with E-state index in [1.54, 1.807) is 22.5 Å². The van der Waals surface area contributed by atoms with E-state index in [9.17, 15) is 4.79 Å². The molecule has 0 aliphatic heterocycles. The van der Waals surface area contributed by atoms with E-state index < -0.39 is 0 Å². The third-order valence-corrected chi connectivity index (χ3v) is 6.75. The van der Waals surface area contributed by atoms with Crippen molar-refractivity contribution in [3.63, 3.8) is 0 Å². The molecule has 0 fully saturated rings. The first-order valence-corrected chi connectivity index (χ1v) is 11.1. The van der Waals surface area contributed by atoms with Crippen LogP contribution in [0.2, 0.25) is 0 Å². The molecule has 0 saturated heterocycles. The van der Waals surface area contributed by atoms with Crippen LogP contribution in [0, 0.1) is 13.8 Å². The summed E-state index contributed by atoms with van der Waals surface area (Å²) in [4.78, 5) is 21.9. The van der Waals surface area contributed by atoms with Crippen molar-refractivity contribution in [2.24, 2.45) is 0 Å². The van der Waals surface area contributed by atoms with Crippen LogP contribution in [0.1, 0.15) is 50.6 Å². The Kier molecular flexibility index (Phi) is 4.87. The number of carbonyl (C=O) groups is 1. The van der Waals surface area contributed by atoms with Crippen molar-refractivity contribution in [1.82, 2.24) is 19.6 Å². The highest BCUT2D eigenvalue weighted by Crippen LogP contribution is 2.34. The Bertz CT molecular complexity index is 1260. The van der Waals surface area contributed by atoms with Crippen molar-refractivity contribution in [2.45, 2.75) is 43.5 Å². The molecule has 0 amide bonds. The third-order valence-electron chi connectivity index (χ3n) is 5.86. The van der Waals surface area contributed by atoms with Gasteiger partial charge in [0.15, 0.2) is 5.78 Å². The van der Waals surface area contributed by atoms with E-state index >= 15 is 0 Å². The fourth-order valence-electron chi connectivity index (χ4n) is 4.17. The van der Waals surface area contributed by atoms with Crippen LogP contribution in [0.3, 0.4) is 0 Å². The molecule has 0 spiro atoms. The molecule has 1 aliphatic rings. The van der Waals surface area contributed by atoms with E-state index in [1.807, 2.05) is 18.2 Å². The second-order valence-electron chi connectivity index (χ2n) is 7.82. The summed E-state index contributed by atoms with van der Waals surface area (Å²) in [5.41, 5.74) is 6.57. The van der Waals surface area contributed by atoms with E-state index in [0.717, 1.165) is 17.9 Å². The number of carbonyl (C=O) groups excluding carboxylic acids is 1. The molecule has 0 radical (unpaired) electrons. The van der Waals surface area contributed by atoms with Gasteiger partial charge in [-0.25, -0.2) is 4.98 Å². The minimum Gasteiger partial charge on any atom is -0.294 e. The van der Waals surface area contributed by atoms with Gasteiger partial charge in [-0.15, -0.1) is 5.10 Å². The Balaban J connectivity index is 1.48. The van der Waals surface area contributed by atoms with Gasteiger partial charge in [0.1, 0.15) is 0 Å². The third kappa shape index (κ3) is 3.41. The topological polar surface area (TPSA) is 60.1 Å². The van der Waals surface area contributed by atoms with Gasteiger partial charge in [0.05, 0.1) is 11.3 Å². The standard InChI is InChI=1S/C24H22N4OS/c1-15-7-3-5-9-17(15)14-30-24-26-23-25-13-20-21(28(23)27-24)11-18(12-22(20)29)19-10-6-4-8-16(19)2/h3-10,13,18H,11-12,14H2,1-2H3. The summed E-state index contributed by atoms with van der Waals surface area (Å²) in [6.45, 7) is 4.22. The Morgan fingerprint density at radius 3 is 2.60 bits per heavy atom. The van der Waals surface area contributed by atoms with Gasteiger partial charge in [-0.2, -0.15) is 9.50 Å². The van der Waals surface area contributed by atoms with Crippen molar-refractivity contribution >= 4 is 23.3 Å². The first-order chi connectivity index (χ1) is 14.6. The number of aryl methyl sites for hydroxylation is 2. The van der Waals surface area contributed by atoms with Crippen LogP contribution in [0.5, 0.6) is 0 Å². The molecule has 0 N–H and O–H groups in total. The highest BCUT2D eigenvalue weighted by Gasteiger charge is 2.30. The molecule has 1 atom stereocenters. The molecule has 1 aliphatic carbocycles. The number of Topliss-reactive ketones (excluding diaryl/α,β-unsaturated/α-hetero) is 1. The van der Waals surface area contributed by atoms with Crippen molar-refractivity contribution in [3.8, 4) is 0 Å². The number of thioether (sulfide) groups is 1. The van der Waals surface area contributed by atoms with Crippen LogP contribution in [0.4, 0.5) is 0 Å². The number of hydrogen-bond donors (Lipinski definition) is 0. The minimum atomic E-state index is 0.128. The van der Waals surface area contributed by atoms with Gasteiger partial charge in [0, 0.05) is 18.4 Å². The summed E-state index contributed by atoms with van der Waals surface area (Å²) in [5.74, 6) is 1.64. The van der Waals surface area contributed by atoms with E-state index in [4.69, 9.17) is 5.10 Å². The quantitative estimate of drug-likeness (QED) is 0.442. The van der Waals surface area contributed by atoms with E-state index in [2.05, 4.69) is 54.1 Å². The smallest absolute Gasteiger partial charge is 0.253 e.